The molecule has 1 amide bonds. The number of carbonyl (C=O) groups excluding carboxylic acids is 2. The Balaban J connectivity index is 5.13. The molecule has 6 heteroatoms. The number of rotatable bonds is 4. The molecule has 2 N–H and O–H groups in total. The van der Waals surface area contributed by atoms with Crippen molar-refractivity contribution in [2.75, 3.05) is 14.2 Å². The van der Waals surface area contributed by atoms with E-state index in [4.69, 9.17) is 4.74 Å². The van der Waals surface area contributed by atoms with E-state index in [2.05, 4.69) is 10.1 Å². The lowest BCUT2D eigenvalue weighted by atomic mass is 9.83. The summed E-state index contributed by atoms with van der Waals surface area (Å²) >= 11 is 0. The molecule has 0 aromatic rings. The third-order valence-electron chi connectivity index (χ3n) is 2.40. The second-order valence-electron chi connectivity index (χ2n) is 4.94. The summed E-state index contributed by atoms with van der Waals surface area (Å²) in [6.45, 7) is 6.37. The number of nitrogens with one attached hydrogen (secondary N) is 1. The summed E-state index contributed by atoms with van der Waals surface area (Å²) in [5, 5.41) is 12.2. The molecule has 2 atom stereocenters. The molecule has 0 radical (unpaired) electrons. The fourth-order valence-electron chi connectivity index (χ4n) is 1.17. The largest absolute Gasteiger partial charge is 0.453 e. The van der Waals surface area contributed by atoms with E-state index in [0.717, 1.165) is 0 Å². The number of aliphatic hydroxyl groups is 1. The van der Waals surface area contributed by atoms with Crippen LogP contribution in [0.1, 0.15) is 27.7 Å². The van der Waals surface area contributed by atoms with Crippen LogP contribution >= 0.6 is 0 Å². The van der Waals surface area contributed by atoms with Crippen molar-refractivity contribution in [2.24, 2.45) is 5.41 Å². The second-order valence-corrected chi connectivity index (χ2v) is 4.94. The van der Waals surface area contributed by atoms with E-state index in [1.54, 1.807) is 20.8 Å². The molecule has 0 saturated carbocycles. The van der Waals surface area contributed by atoms with Gasteiger partial charge in [-0.2, -0.15) is 0 Å². The highest BCUT2D eigenvalue weighted by atomic mass is 16.6. The van der Waals surface area contributed by atoms with Crippen molar-refractivity contribution in [3.8, 4) is 0 Å². The molecule has 0 aliphatic rings. The maximum absolute atomic E-state index is 12.1. The number of alkyl carbamates (subject to hydrolysis) is 1. The first kappa shape index (κ1) is 15.9. The Hall–Kier alpha value is -1.14. The Morgan fingerprint density at radius 1 is 1.18 bits per heavy atom. The fourth-order valence-corrected chi connectivity index (χ4v) is 1.17. The van der Waals surface area contributed by atoms with Gasteiger partial charge in [-0.1, -0.05) is 20.8 Å². The lowest BCUT2D eigenvalue weighted by molar-refractivity contribution is -0.195. The van der Waals surface area contributed by atoms with Gasteiger partial charge >= 0.3 is 6.09 Å². The first-order chi connectivity index (χ1) is 7.56. The predicted molar refractivity (Wildman–Crippen MR) is 61.4 cm³/mol. The maximum Gasteiger partial charge on any atom is 0.407 e. The van der Waals surface area contributed by atoms with Crippen LogP contribution in [0.3, 0.4) is 0 Å². The summed E-state index contributed by atoms with van der Waals surface area (Å²) in [4.78, 5) is 23.3. The molecule has 6 nitrogen and oxygen atoms in total. The Bertz CT molecular complexity index is 293. The molecule has 17 heavy (non-hydrogen) atoms. The van der Waals surface area contributed by atoms with E-state index in [9.17, 15) is 14.7 Å². The van der Waals surface area contributed by atoms with Crippen LogP contribution in [0, 0.1) is 5.41 Å². The minimum atomic E-state index is -1.79. The van der Waals surface area contributed by atoms with Gasteiger partial charge in [0.2, 0.25) is 0 Å². The van der Waals surface area contributed by atoms with E-state index in [-0.39, 0.29) is 5.78 Å². The van der Waals surface area contributed by atoms with Gasteiger partial charge in [-0.3, -0.25) is 4.79 Å². The number of carbonyl (C=O) groups is 2. The number of methoxy groups -OCH3 is 2. The summed E-state index contributed by atoms with van der Waals surface area (Å²) in [5.41, 5.74) is -0.728. The van der Waals surface area contributed by atoms with Gasteiger partial charge in [0.1, 0.15) is 6.04 Å². The van der Waals surface area contributed by atoms with Gasteiger partial charge < -0.3 is 19.9 Å². The van der Waals surface area contributed by atoms with Gasteiger partial charge in [-0.05, 0) is 6.92 Å². The van der Waals surface area contributed by atoms with Crippen LogP contribution in [-0.4, -0.2) is 43.0 Å². The van der Waals surface area contributed by atoms with Gasteiger partial charge in [0.15, 0.2) is 11.6 Å². The summed E-state index contributed by atoms with van der Waals surface area (Å²) in [6.07, 6.45) is -0.801. The molecule has 0 unspecified atom stereocenters. The maximum atomic E-state index is 12.1. The van der Waals surface area contributed by atoms with E-state index in [1.807, 2.05) is 0 Å². The number of Topliss-reactive ketones (excluding diaryl/α,β-unsaturated/α-hetero) is 1. The van der Waals surface area contributed by atoms with Crippen LogP contribution in [0.15, 0.2) is 0 Å². The van der Waals surface area contributed by atoms with Crippen molar-refractivity contribution < 1.29 is 24.2 Å². The van der Waals surface area contributed by atoms with E-state index in [0.29, 0.717) is 0 Å². The number of ether oxygens (including phenoxy) is 2. The zero-order valence-electron chi connectivity index (χ0n) is 11.2. The van der Waals surface area contributed by atoms with Crippen molar-refractivity contribution in [3.63, 3.8) is 0 Å². The smallest absolute Gasteiger partial charge is 0.407 e. The first-order valence-electron chi connectivity index (χ1n) is 5.22. The third-order valence-corrected chi connectivity index (χ3v) is 2.40. The molecule has 0 spiro atoms. The van der Waals surface area contributed by atoms with Crippen molar-refractivity contribution in [1.29, 1.82) is 0 Å². The predicted octanol–water partition coefficient (Wildman–Crippen LogP) is 0.681. The highest BCUT2D eigenvalue weighted by Gasteiger charge is 2.43. The summed E-state index contributed by atoms with van der Waals surface area (Å²) < 4.78 is 9.24. The van der Waals surface area contributed by atoms with Crippen LogP contribution in [0.5, 0.6) is 0 Å². The number of amides is 1. The van der Waals surface area contributed by atoms with Gasteiger partial charge in [0.25, 0.3) is 0 Å². The summed E-state index contributed by atoms with van der Waals surface area (Å²) in [5.74, 6) is -2.15. The Labute approximate surface area is 101 Å². The molecule has 0 saturated heterocycles. The second kappa shape index (κ2) is 5.46. The van der Waals surface area contributed by atoms with E-state index in [1.165, 1.54) is 21.1 Å². The molecule has 0 heterocycles. The fraction of sp³-hybridized carbons (Fsp3) is 0.818. The summed E-state index contributed by atoms with van der Waals surface area (Å²) in [6, 6.07) is -1.19. The van der Waals surface area contributed by atoms with E-state index >= 15 is 0 Å². The molecule has 0 rings (SSSR count). The minimum absolute atomic E-state index is 0.352. The average Bonchev–Trinajstić information content (AvgIpc) is 2.22. The van der Waals surface area contributed by atoms with Gasteiger partial charge in [-0.25, -0.2) is 4.79 Å². The van der Waals surface area contributed by atoms with Crippen LogP contribution in [0.4, 0.5) is 4.79 Å². The van der Waals surface area contributed by atoms with Crippen LogP contribution < -0.4 is 5.32 Å². The minimum Gasteiger partial charge on any atom is -0.453 e. The Morgan fingerprint density at radius 3 is 1.94 bits per heavy atom. The van der Waals surface area contributed by atoms with Gasteiger partial charge in [-0.15, -0.1) is 0 Å². The number of hydrogen-bond acceptors (Lipinski definition) is 5. The number of hydrogen-bond donors (Lipinski definition) is 2. The zero-order chi connectivity index (χ0) is 13.9. The molecule has 100 valence electrons. The lowest BCUT2D eigenvalue weighted by Crippen LogP contribution is -2.59. The Morgan fingerprint density at radius 2 is 1.65 bits per heavy atom. The summed E-state index contributed by atoms with van der Waals surface area (Å²) in [7, 11) is 2.43. The van der Waals surface area contributed by atoms with Crippen molar-refractivity contribution >= 4 is 11.9 Å². The normalized spacial score (nSPS) is 16.9. The third kappa shape index (κ3) is 4.32. The topological polar surface area (TPSA) is 84.9 Å². The molecule has 0 aromatic heterocycles. The van der Waals surface area contributed by atoms with Crippen LogP contribution in [-0.2, 0) is 14.3 Å². The molecule has 0 aromatic carbocycles. The highest BCUT2D eigenvalue weighted by Crippen LogP contribution is 2.23. The molecule has 0 aliphatic heterocycles. The highest BCUT2D eigenvalue weighted by molar-refractivity contribution is 5.92. The lowest BCUT2D eigenvalue weighted by Gasteiger charge is -2.34. The van der Waals surface area contributed by atoms with E-state index < -0.39 is 23.3 Å². The van der Waals surface area contributed by atoms with Crippen LogP contribution in [0.25, 0.3) is 0 Å². The van der Waals surface area contributed by atoms with Gasteiger partial charge in [0.05, 0.1) is 7.11 Å². The molecule has 0 bridgehead atoms. The Kier molecular flexibility index (Phi) is 5.10. The standard InChI is InChI=1S/C11H21NO5/c1-10(2,3)8(13)7(11(4,15)17-6)12-9(14)16-5/h7,15H,1-6H3,(H,12,14)/t7-,11-/m1/s1. The van der Waals surface area contributed by atoms with Crippen LogP contribution in [0.2, 0.25) is 0 Å². The molecule has 0 fully saturated rings. The van der Waals surface area contributed by atoms with Gasteiger partial charge in [0, 0.05) is 12.5 Å². The van der Waals surface area contributed by atoms with Crippen molar-refractivity contribution in [3.05, 3.63) is 0 Å². The average molecular weight is 247 g/mol. The molecular weight excluding hydrogens is 226 g/mol. The molecular formula is C11H21NO5. The zero-order valence-corrected chi connectivity index (χ0v) is 11.2. The monoisotopic (exact) mass is 247 g/mol. The van der Waals surface area contributed by atoms with Crippen molar-refractivity contribution in [2.45, 2.75) is 39.5 Å². The first-order valence-corrected chi connectivity index (χ1v) is 5.22. The number of ketones is 1. The quantitative estimate of drug-likeness (QED) is 0.714. The molecule has 0 aliphatic carbocycles. The SMILES string of the molecule is COC(=O)N[C@H](C(=O)C(C)(C)C)[C@](C)(O)OC. The van der Waals surface area contributed by atoms with Crippen molar-refractivity contribution in [1.82, 2.24) is 5.32 Å².